The first-order valence-corrected chi connectivity index (χ1v) is 11.8. The number of aliphatic hydroxyl groups is 1. The molecule has 0 spiro atoms. The van der Waals surface area contributed by atoms with Gasteiger partial charge in [-0.15, -0.1) is 0 Å². The van der Waals surface area contributed by atoms with E-state index in [9.17, 15) is 31.4 Å². The van der Waals surface area contributed by atoms with Crippen molar-refractivity contribution in [1.82, 2.24) is 19.5 Å². The first-order chi connectivity index (χ1) is 17.8. The van der Waals surface area contributed by atoms with Crippen molar-refractivity contribution in [2.24, 2.45) is 7.05 Å². The number of fused-ring (bicyclic) bond motifs is 1. The lowest BCUT2D eigenvalue weighted by atomic mass is 9.83. The van der Waals surface area contributed by atoms with Crippen LogP contribution >= 0.6 is 11.6 Å². The average molecular weight is 556 g/mol. The Morgan fingerprint density at radius 3 is 2.24 bits per heavy atom. The molecule has 4 aromatic rings. The highest BCUT2D eigenvalue weighted by Crippen LogP contribution is 2.43. The lowest BCUT2D eigenvalue weighted by Gasteiger charge is -2.36. The van der Waals surface area contributed by atoms with E-state index < -0.39 is 30.1 Å². The van der Waals surface area contributed by atoms with Crippen molar-refractivity contribution in [3.63, 3.8) is 0 Å². The Morgan fingerprint density at radius 2 is 1.71 bits per heavy atom. The maximum Gasteiger partial charge on any atom is 0.433 e. The summed E-state index contributed by atoms with van der Waals surface area (Å²) in [5.74, 6) is 0. The average Bonchev–Trinajstić information content (AvgIpc) is 3.24. The molecule has 1 atom stereocenters. The summed E-state index contributed by atoms with van der Waals surface area (Å²) < 4.78 is 81.4. The zero-order valence-corrected chi connectivity index (χ0v) is 20.5. The number of pyridine rings is 2. The Morgan fingerprint density at radius 1 is 1.00 bits per heavy atom. The van der Waals surface area contributed by atoms with E-state index in [0.29, 0.717) is 24.0 Å². The largest absolute Gasteiger partial charge is 0.433 e. The van der Waals surface area contributed by atoms with Gasteiger partial charge in [-0.2, -0.15) is 26.3 Å². The van der Waals surface area contributed by atoms with Gasteiger partial charge >= 0.3 is 12.4 Å². The fraction of sp³-hybridized carbons (Fsp3) is 0.320. The summed E-state index contributed by atoms with van der Waals surface area (Å²) in [6, 6.07) is 6.37. The lowest BCUT2D eigenvalue weighted by Crippen LogP contribution is -2.38. The molecule has 0 bridgehead atoms. The lowest BCUT2D eigenvalue weighted by molar-refractivity contribution is -0.141. The normalized spacial score (nSPS) is 16.0. The second kappa shape index (κ2) is 9.12. The van der Waals surface area contributed by atoms with Crippen LogP contribution < -0.4 is 4.90 Å². The SMILES string of the molecule is Cn1cncc1[C@](O)(c1ccc(C(F)(F)F)nc1)c1ccc2nc(Cl)c(CC(F)(F)F)c(N3CCC3)c2c1. The molecular formula is C25H20ClF6N5O. The van der Waals surface area contributed by atoms with Crippen LogP contribution in [-0.2, 0) is 25.2 Å². The Hall–Kier alpha value is -3.38. The van der Waals surface area contributed by atoms with Crippen molar-refractivity contribution in [2.75, 3.05) is 18.0 Å². The first-order valence-electron chi connectivity index (χ1n) is 11.5. The van der Waals surface area contributed by atoms with Crippen molar-refractivity contribution in [1.29, 1.82) is 0 Å². The van der Waals surface area contributed by atoms with Crippen molar-refractivity contribution in [3.8, 4) is 0 Å². The van der Waals surface area contributed by atoms with E-state index in [-0.39, 0.29) is 33.2 Å². The summed E-state index contributed by atoms with van der Waals surface area (Å²) in [5, 5.41) is 12.2. The molecule has 3 aromatic heterocycles. The smallest absolute Gasteiger partial charge is 0.374 e. The van der Waals surface area contributed by atoms with E-state index in [0.717, 1.165) is 24.8 Å². The van der Waals surface area contributed by atoms with Gasteiger partial charge in [-0.25, -0.2) is 9.97 Å². The topological polar surface area (TPSA) is 67.1 Å². The number of alkyl halides is 6. The van der Waals surface area contributed by atoms with Crippen LogP contribution in [0.15, 0.2) is 49.1 Å². The predicted molar refractivity (Wildman–Crippen MR) is 128 cm³/mol. The third-order valence-corrected chi connectivity index (χ3v) is 6.94. The first kappa shape index (κ1) is 26.2. The molecule has 1 saturated heterocycles. The highest BCUT2D eigenvalue weighted by atomic mass is 35.5. The molecule has 0 amide bonds. The molecule has 38 heavy (non-hydrogen) atoms. The molecule has 4 heterocycles. The molecule has 1 aliphatic heterocycles. The Bertz CT molecular complexity index is 1500. The standard InChI is InChI=1S/C25H20ClF6N5O/c1-36-13-33-12-20(36)24(38,15-4-6-19(34-11-15)25(30,31)32)14-3-5-18-16(9-14)21(37-7-2-8-37)17(22(26)35-18)10-23(27,28)29/h3-6,9,11-13,38H,2,7-8,10H2,1H3/t24-/m1/s1. The quantitative estimate of drug-likeness (QED) is 0.255. The summed E-state index contributed by atoms with van der Waals surface area (Å²) in [7, 11) is 1.60. The second-order valence-electron chi connectivity index (χ2n) is 9.12. The van der Waals surface area contributed by atoms with Gasteiger partial charge in [0.25, 0.3) is 0 Å². The fourth-order valence-electron chi connectivity index (χ4n) is 4.68. The van der Waals surface area contributed by atoms with Crippen LogP contribution in [0.4, 0.5) is 32.0 Å². The monoisotopic (exact) mass is 555 g/mol. The van der Waals surface area contributed by atoms with E-state index in [1.807, 2.05) is 0 Å². The van der Waals surface area contributed by atoms with Crippen molar-refractivity contribution >= 4 is 28.2 Å². The van der Waals surface area contributed by atoms with Gasteiger partial charge in [0.05, 0.1) is 35.8 Å². The van der Waals surface area contributed by atoms with E-state index in [4.69, 9.17) is 11.6 Å². The summed E-state index contributed by atoms with van der Waals surface area (Å²) in [5.41, 5.74) is -2.39. The van der Waals surface area contributed by atoms with Crippen molar-refractivity contribution < 1.29 is 31.4 Å². The van der Waals surface area contributed by atoms with Gasteiger partial charge in [0.1, 0.15) is 10.8 Å². The zero-order chi connectivity index (χ0) is 27.5. The third-order valence-electron chi connectivity index (χ3n) is 6.63. The summed E-state index contributed by atoms with van der Waals surface area (Å²) in [4.78, 5) is 13.5. The Labute approximate surface area is 217 Å². The van der Waals surface area contributed by atoms with Gasteiger partial charge in [0.15, 0.2) is 5.60 Å². The number of aryl methyl sites for hydroxylation is 1. The maximum absolute atomic E-state index is 13.5. The van der Waals surface area contributed by atoms with Crippen LogP contribution in [0.2, 0.25) is 5.15 Å². The van der Waals surface area contributed by atoms with Gasteiger partial charge < -0.3 is 14.6 Å². The molecule has 6 nitrogen and oxygen atoms in total. The number of anilines is 1. The zero-order valence-electron chi connectivity index (χ0n) is 19.8. The molecule has 1 N–H and O–H groups in total. The molecular weight excluding hydrogens is 536 g/mol. The molecule has 200 valence electrons. The number of hydrogen-bond donors (Lipinski definition) is 1. The van der Waals surface area contributed by atoms with Gasteiger partial charge in [-0.05, 0) is 30.2 Å². The molecule has 1 aliphatic rings. The third kappa shape index (κ3) is 4.55. The highest BCUT2D eigenvalue weighted by Gasteiger charge is 2.40. The fourth-order valence-corrected chi connectivity index (χ4v) is 4.93. The summed E-state index contributed by atoms with van der Waals surface area (Å²) in [6.45, 7) is 1.03. The van der Waals surface area contributed by atoms with Crippen molar-refractivity contribution in [3.05, 3.63) is 82.3 Å². The molecule has 5 rings (SSSR count). The molecule has 0 unspecified atom stereocenters. The minimum atomic E-state index is -4.68. The van der Waals surface area contributed by atoms with Gasteiger partial charge in [0, 0.05) is 42.8 Å². The van der Waals surface area contributed by atoms with E-state index in [1.54, 1.807) is 11.9 Å². The number of imidazole rings is 1. The van der Waals surface area contributed by atoms with Crippen LogP contribution in [0.5, 0.6) is 0 Å². The van der Waals surface area contributed by atoms with Gasteiger partial charge in [-0.1, -0.05) is 23.7 Å². The van der Waals surface area contributed by atoms with Crippen LogP contribution in [-0.4, -0.2) is 43.9 Å². The molecule has 0 saturated carbocycles. The molecule has 13 heteroatoms. The Kier molecular flexibility index (Phi) is 6.30. The van der Waals surface area contributed by atoms with Gasteiger partial charge in [-0.3, -0.25) is 4.98 Å². The highest BCUT2D eigenvalue weighted by molar-refractivity contribution is 6.31. The van der Waals surface area contributed by atoms with Crippen molar-refractivity contribution in [2.45, 2.75) is 30.8 Å². The molecule has 1 fully saturated rings. The molecule has 1 aromatic carbocycles. The molecule has 0 aliphatic carbocycles. The molecule has 0 radical (unpaired) electrons. The second-order valence-corrected chi connectivity index (χ2v) is 9.48. The number of aromatic nitrogens is 4. The number of halogens is 7. The van der Waals surface area contributed by atoms with Crippen LogP contribution in [0, 0.1) is 0 Å². The number of rotatable bonds is 5. The van der Waals surface area contributed by atoms with Crippen LogP contribution in [0.25, 0.3) is 10.9 Å². The number of nitrogens with zero attached hydrogens (tertiary/aromatic N) is 5. The predicted octanol–water partition coefficient (Wildman–Crippen LogP) is 5.63. The van der Waals surface area contributed by atoms with Gasteiger partial charge in [0.2, 0.25) is 0 Å². The summed E-state index contributed by atoms with van der Waals surface area (Å²) >= 11 is 6.22. The minimum absolute atomic E-state index is 0.0105. The van der Waals surface area contributed by atoms with Crippen LogP contribution in [0.1, 0.15) is 34.5 Å². The number of benzene rings is 1. The van der Waals surface area contributed by atoms with E-state index in [1.165, 1.54) is 35.3 Å². The maximum atomic E-state index is 13.5. The van der Waals surface area contributed by atoms with E-state index in [2.05, 4.69) is 15.0 Å². The Balaban J connectivity index is 1.76. The summed E-state index contributed by atoms with van der Waals surface area (Å²) in [6.07, 6.45) is -6.05. The number of hydrogen-bond acceptors (Lipinski definition) is 5. The minimum Gasteiger partial charge on any atom is -0.374 e. The van der Waals surface area contributed by atoms with Crippen LogP contribution in [0.3, 0.4) is 0 Å². The van der Waals surface area contributed by atoms with E-state index >= 15 is 0 Å².